The van der Waals surface area contributed by atoms with Gasteiger partial charge in [-0.05, 0) is 59.6 Å². The number of amides is 2. The first kappa shape index (κ1) is 22.9. The van der Waals surface area contributed by atoms with Crippen LogP contribution in [-0.4, -0.2) is 35.4 Å². The van der Waals surface area contributed by atoms with E-state index in [4.69, 9.17) is 9.47 Å². The van der Waals surface area contributed by atoms with Crippen molar-refractivity contribution in [3.8, 4) is 5.75 Å². The molecule has 2 aromatic rings. The van der Waals surface area contributed by atoms with Crippen LogP contribution >= 0.6 is 15.9 Å². The molecular formula is C21H18BrN3O7. The maximum absolute atomic E-state index is 12.7. The normalized spacial score (nSPS) is 15.5. The largest absolute Gasteiger partial charge is 0.471 e. The minimum Gasteiger partial charge on any atom is -0.471 e. The van der Waals surface area contributed by atoms with Crippen LogP contribution in [0.3, 0.4) is 0 Å². The zero-order valence-electron chi connectivity index (χ0n) is 17.0. The van der Waals surface area contributed by atoms with E-state index < -0.39 is 34.5 Å². The minimum absolute atomic E-state index is 0.137. The molecule has 1 atom stereocenters. The number of esters is 1. The molecule has 1 aliphatic rings. The second-order valence-corrected chi connectivity index (χ2v) is 7.45. The van der Waals surface area contributed by atoms with Gasteiger partial charge in [-0.1, -0.05) is 18.2 Å². The number of carbonyl (C=O) groups excluding carboxylic acids is 3. The molecule has 1 N–H and O–H groups in total. The lowest BCUT2D eigenvalue weighted by atomic mass is 10.1. The smallest absolute Gasteiger partial charge is 0.347 e. The van der Waals surface area contributed by atoms with Crippen LogP contribution in [0.1, 0.15) is 19.4 Å². The highest BCUT2D eigenvalue weighted by atomic mass is 79.9. The number of benzene rings is 2. The molecule has 1 aliphatic heterocycles. The van der Waals surface area contributed by atoms with Gasteiger partial charge in [0.15, 0.2) is 6.10 Å². The van der Waals surface area contributed by atoms with Crippen molar-refractivity contribution in [3.63, 3.8) is 0 Å². The maximum Gasteiger partial charge on any atom is 0.347 e. The number of nitrogens with zero attached hydrogens (tertiary/aromatic N) is 2. The zero-order chi connectivity index (χ0) is 23.4. The fourth-order valence-corrected chi connectivity index (χ4v) is 3.46. The number of hydrogen-bond acceptors (Lipinski definition) is 7. The summed E-state index contributed by atoms with van der Waals surface area (Å²) in [5.41, 5.74) is 2.50. The first-order valence-corrected chi connectivity index (χ1v) is 10.3. The van der Waals surface area contributed by atoms with Gasteiger partial charge in [0.1, 0.15) is 5.57 Å². The van der Waals surface area contributed by atoms with Crippen molar-refractivity contribution in [2.24, 2.45) is 0 Å². The molecule has 0 bridgehead atoms. The lowest BCUT2D eigenvalue weighted by molar-refractivity contribution is -0.386. The number of anilines is 1. The first-order valence-electron chi connectivity index (χ1n) is 9.46. The van der Waals surface area contributed by atoms with Gasteiger partial charge in [0.2, 0.25) is 5.75 Å². The summed E-state index contributed by atoms with van der Waals surface area (Å²) >= 11 is 3.20. The van der Waals surface area contributed by atoms with Crippen LogP contribution in [0.4, 0.5) is 11.4 Å². The molecule has 166 valence electrons. The Labute approximate surface area is 191 Å². The Morgan fingerprint density at radius 2 is 1.97 bits per heavy atom. The van der Waals surface area contributed by atoms with Gasteiger partial charge in [0, 0.05) is 6.07 Å². The molecule has 0 radical (unpaired) electrons. The number of nitro benzene ring substituents is 1. The molecule has 0 unspecified atom stereocenters. The highest BCUT2D eigenvalue weighted by Gasteiger charge is 2.35. The summed E-state index contributed by atoms with van der Waals surface area (Å²) in [6, 6.07) is 11.1. The molecule has 2 aromatic carbocycles. The van der Waals surface area contributed by atoms with Crippen LogP contribution in [0.5, 0.6) is 5.75 Å². The Bertz CT molecular complexity index is 1120. The van der Waals surface area contributed by atoms with E-state index in [1.54, 1.807) is 37.3 Å². The number of rotatable bonds is 7. The van der Waals surface area contributed by atoms with Gasteiger partial charge < -0.3 is 9.47 Å². The van der Waals surface area contributed by atoms with Crippen molar-refractivity contribution in [1.29, 1.82) is 0 Å². The van der Waals surface area contributed by atoms with E-state index in [1.807, 2.05) is 0 Å². The molecule has 3 rings (SSSR count). The van der Waals surface area contributed by atoms with Crippen LogP contribution < -0.4 is 15.2 Å². The van der Waals surface area contributed by atoms with E-state index in [1.165, 1.54) is 19.1 Å². The van der Waals surface area contributed by atoms with Crippen LogP contribution in [0.2, 0.25) is 0 Å². The number of para-hydroxylation sites is 1. The SMILES string of the molecule is CCOC(=O)[C@@H](C)Oc1c(Br)cc(/C=C2/C(=O)NN(c3ccccc3)C2=O)cc1[N+](=O)[O-]. The van der Waals surface area contributed by atoms with Gasteiger partial charge in [-0.25, -0.2) is 9.80 Å². The molecule has 0 aromatic heterocycles. The molecule has 11 heteroatoms. The summed E-state index contributed by atoms with van der Waals surface area (Å²) in [7, 11) is 0. The lowest BCUT2D eigenvalue weighted by Gasteiger charge is -2.15. The molecule has 32 heavy (non-hydrogen) atoms. The van der Waals surface area contributed by atoms with Gasteiger partial charge >= 0.3 is 11.7 Å². The highest BCUT2D eigenvalue weighted by molar-refractivity contribution is 9.10. The van der Waals surface area contributed by atoms with Gasteiger partial charge in [0.05, 0.1) is 21.7 Å². The van der Waals surface area contributed by atoms with Crippen molar-refractivity contribution in [3.05, 3.63) is 68.2 Å². The van der Waals surface area contributed by atoms with Crippen LogP contribution in [0.15, 0.2) is 52.5 Å². The summed E-state index contributed by atoms with van der Waals surface area (Å²) in [4.78, 5) is 47.8. The zero-order valence-corrected chi connectivity index (χ0v) is 18.6. The Morgan fingerprint density at radius 3 is 2.59 bits per heavy atom. The van der Waals surface area contributed by atoms with E-state index in [0.29, 0.717) is 5.69 Å². The minimum atomic E-state index is -1.09. The lowest BCUT2D eigenvalue weighted by Crippen LogP contribution is -2.35. The molecule has 10 nitrogen and oxygen atoms in total. The number of hydrazine groups is 1. The summed E-state index contributed by atoms with van der Waals surface area (Å²) in [6.07, 6.45) is 0.160. The number of ether oxygens (including phenoxy) is 2. The average molecular weight is 504 g/mol. The van der Waals surface area contributed by atoms with Crippen LogP contribution in [0.25, 0.3) is 6.08 Å². The number of nitrogens with one attached hydrogen (secondary N) is 1. The summed E-state index contributed by atoms with van der Waals surface area (Å²) in [5, 5.41) is 12.7. The molecule has 0 spiro atoms. The molecule has 0 aliphatic carbocycles. The van der Waals surface area contributed by atoms with Crippen molar-refractivity contribution in [2.45, 2.75) is 20.0 Å². The standard InChI is InChI=1S/C21H18BrN3O7/c1-3-31-21(28)12(2)32-18-16(22)10-13(11-17(18)25(29)30)9-15-19(26)23-24(20(15)27)14-7-5-4-6-8-14/h4-12H,3H2,1-2H3,(H,23,26)/b15-9-/t12-/m1/s1. The molecule has 0 saturated carbocycles. The summed E-state index contributed by atoms with van der Waals surface area (Å²) in [5.74, 6) is -2.09. The quantitative estimate of drug-likeness (QED) is 0.202. The number of carbonyl (C=O) groups is 3. The predicted molar refractivity (Wildman–Crippen MR) is 118 cm³/mol. The molecule has 1 fully saturated rings. The van der Waals surface area contributed by atoms with Gasteiger partial charge in [-0.2, -0.15) is 0 Å². The van der Waals surface area contributed by atoms with E-state index >= 15 is 0 Å². The Morgan fingerprint density at radius 1 is 1.28 bits per heavy atom. The topological polar surface area (TPSA) is 128 Å². The second-order valence-electron chi connectivity index (χ2n) is 6.60. The number of nitro groups is 1. The van der Waals surface area contributed by atoms with Crippen molar-refractivity contribution in [2.75, 3.05) is 11.6 Å². The van der Waals surface area contributed by atoms with Gasteiger partial charge in [0.25, 0.3) is 11.8 Å². The number of halogens is 1. The Balaban J connectivity index is 1.94. The third-order valence-corrected chi connectivity index (χ3v) is 4.96. The fraction of sp³-hybridized carbons (Fsp3) is 0.190. The second kappa shape index (κ2) is 9.60. The third kappa shape index (κ3) is 4.78. The van der Waals surface area contributed by atoms with E-state index in [0.717, 1.165) is 11.1 Å². The van der Waals surface area contributed by atoms with E-state index in [9.17, 15) is 24.5 Å². The Hall–Kier alpha value is -3.73. The molecule has 1 saturated heterocycles. The van der Waals surface area contributed by atoms with Crippen molar-refractivity contribution >= 4 is 51.2 Å². The predicted octanol–water partition coefficient (Wildman–Crippen LogP) is 3.15. The third-order valence-electron chi connectivity index (χ3n) is 4.37. The highest BCUT2D eigenvalue weighted by Crippen LogP contribution is 2.38. The van der Waals surface area contributed by atoms with E-state index in [2.05, 4.69) is 21.4 Å². The van der Waals surface area contributed by atoms with Crippen molar-refractivity contribution < 1.29 is 28.8 Å². The van der Waals surface area contributed by atoms with Crippen molar-refractivity contribution in [1.82, 2.24) is 5.43 Å². The average Bonchev–Trinajstić information content (AvgIpc) is 3.04. The molecule has 1 heterocycles. The van der Waals surface area contributed by atoms with Gasteiger partial charge in [-0.3, -0.25) is 25.1 Å². The fourth-order valence-electron chi connectivity index (χ4n) is 2.90. The van der Waals surface area contributed by atoms with Crippen LogP contribution in [0, 0.1) is 10.1 Å². The van der Waals surface area contributed by atoms with E-state index in [-0.39, 0.29) is 28.0 Å². The summed E-state index contributed by atoms with van der Waals surface area (Å²) < 4.78 is 10.5. The first-order chi connectivity index (χ1) is 15.2. The Kier molecular flexibility index (Phi) is 6.89. The number of hydrogen-bond donors (Lipinski definition) is 1. The van der Waals surface area contributed by atoms with Crippen LogP contribution in [-0.2, 0) is 19.1 Å². The maximum atomic E-state index is 12.7. The summed E-state index contributed by atoms with van der Waals surface area (Å²) in [6.45, 7) is 3.17. The van der Waals surface area contributed by atoms with Gasteiger partial charge in [-0.15, -0.1) is 0 Å². The monoisotopic (exact) mass is 503 g/mol. The molecular weight excluding hydrogens is 486 g/mol. The molecule has 2 amide bonds.